The Kier molecular flexibility index (Phi) is 3.18. The molecule has 19 heavy (non-hydrogen) atoms. The Labute approximate surface area is 118 Å². The van der Waals surface area contributed by atoms with E-state index in [1.165, 1.54) is 6.33 Å². The molecule has 0 spiro atoms. The first-order chi connectivity index (χ1) is 9.24. The number of nitrogens with one attached hydrogen (secondary N) is 2. The Morgan fingerprint density at radius 2 is 2.16 bits per heavy atom. The summed E-state index contributed by atoms with van der Waals surface area (Å²) in [6.07, 6.45) is 4.81. The fraction of sp³-hybridized carbons (Fsp3) is 0.0909. The molecule has 3 aromatic heterocycles. The van der Waals surface area contributed by atoms with Crippen LogP contribution in [0.15, 0.2) is 24.8 Å². The second-order valence-electron chi connectivity index (χ2n) is 3.76. The van der Waals surface area contributed by atoms with Crippen LogP contribution in [-0.2, 0) is 6.54 Å². The molecule has 0 unspecified atom stereocenters. The highest BCUT2D eigenvalue weighted by molar-refractivity contribution is 6.36. The van der Waals surface area contributed by atoms with E-state index in [-0.39, 0.29) is 5.28 Å². The number of rotatable bonds is 3. The molecule has 0 radical (unpaired) electrons. The maximum atomic E-state index is 6.09. The fourth-order valence-corrected chi connectivity index (χ4v) is 2.10. The molecule has 0 aliphatic carbocycles. The molecule has 3 rings (SSSR count). The van der Waals surface area contributed by atoms with Crippen LogP contribution in [0.4, 0.5) is 5.82 Å². The van der Waals surface area contributed by atoms with Crippen molar-refractivity contribution in [3.8, 4) is 0 Å². The maximum Gasteiger partial charge on any atom is 0.226 e. The van der Waals surface area contributed by atoms with E-state index in [2.05, 4.69) is 30.2 Å². The third-order valence-electron chi connectivity index (χ3n) is 2.54. The smallest absolute Gasteiger partial charge is 0.226 e. The number of anilines is 1. The van der Waals surface area contributed by atoms with Gasteiger partial charge in [-0.3, -0.25) is 0 Å². The van der Waals surface area contributed by atoms with Crippen LogP contribution in [0.5, 0.6) is 0 Å². The van der Waals surface area contributed by atoms with Gasteiger partial charge in [-0.15, -0.1) is 0 Å². The van der Waals surface area contributed by atoms with Crippen LogP contribution in [0.1, 0.15) is 5.69 Å². The molecule has 8 heteroatoms. The highest BCUT2D eigenvalue weighted by Crippen LogP contribution is 2.29. The van der Waals surface area contributed by atoms with Gasteiger partial charge in [-0.1, -0.05) is 11.6 Å². The Balaban J connectivity index is 1.94. The molecule has 0 atom stereocenters. The van der Waals surface area contributed by atoms with Crippen molar-refractivity contribution >= 4 is 40.1 Å². The van der Waals surface area contributed by atoms with E-state index in [9.17, 15) is 0 Å². The highest BCUT2D eigenvalue weighted by atomic mass is 35.5. The largest absolute Gasteiger partial charge is 0.364 e. The van der Waals surface area contributed by atoms with Crippen LogP contribution in [0, 0.1) is 0 Å². The van der Waals surface area contributed by atoms with E-state index in [1.807, 2.05) is 6.07 Å². The molecule has 0 aliphatic heterocycles. The maximum absolute atomic E-state index is 6.09. The summed E-state index contributed by atoms with van der Waals surface area (Å²) in [6.45, 7) is 0.493. The predicted molar refractivity (Wildman–Crippen MR) is 73.3 cm³/mol. The van der Waals surface area contributed by atoms with Gasteiger partial charge in [0.25, 0.3) is 0 Å². The lowest BCUT2D eigenvalue weighted by Gasteiger charge is -2.06. The molecule has 0 aliphatic rings. The summed E-state index contributed by atoms with van der Waals surface area (Å²) < 4.78 is 0. The Hall–Kier alpha value is -1.92. The minimum absolute atomic E-state index is 0.149. The summed E-state index contributed by atoms with van der Waals surface area (Å²) in [5.74, 6) is 0.569. The summed E-state index contributed by atoms with van der Waals surface area (Å²) in [5, 5.41) is 4.54. The standard InChI is InChI=1S/C11H8Cl2N6/c12-7-4-16-10-8(7)9(18-11(13)19-10)15-3-6-1-2-14-5-17-6/h1-2,4-5H,3H2,(H2,15,16,18,19). The number of aromatic amines is 1. The van der Waals surface area contributed by atoms with Crippen LogP contribution < -0.4 is 5.32 Å². The molecule has 0 saturated heterocycles. The van der Waals surface area contributed by atoms with E-state index in [4.69, 9.17) is 23.2 Å². The Bertz CT molecular complexity index is 712. The minimum atomic E-state index is 0.149. The minimum Gasteiger partial charge on any atom is -0.364 e. The third kappa shape index (κ3) is 2.45. The SMILES string of the molecule is Clc1nc(NCc2ccncn2)c2c(Cl)c[nH]c2n1. The van der Waals surface area contributed by atoms with E-state index < -0.39 is 0 Å². The molecule has 0 saturated carbocycles. The molecule has 2 N–H and O–H groups in total. The van der Waals surface area contributed by atoms with Crippen molar-refractivity contribution in [1.82, 2.24) is 24.9 Å². The molecule has 0 amide bonds. The predicted octanol–water partition coefficient (Wildman–Crippen LogP) is 2.67. The number of hydrogen-bond donors (Lipinski definition) is 2. The van der Waals surface area contributed by atoms with Gasteiger partial charge < -0.3 is 10.3 Å². The first-order valence-electron chi connectivity index (χ1n) is 5.43. The lowest BCUT2D eigenvalue weighted by atomic mass is 10.3. The number of H-pyrrole nitrogens is 1. The van der Waals surface area contributed by atoms with Crippen molar-refractivity contribution in [2.45, 2.75) is 6.54 Å². The fourth-order valence-electron chi connectivity index (χ4n) is 1.69. The van der Waals surface area contributed by atoms with E-state index in [0.29, 0.717) is 28.4 Å². The van der Waals surface area contributed by atoms with Crippen molar-refractivity contribution in [3.63, 3.8) is 0 Å². The van der Waals surface area contributed by atoms with Crippen molar-refractivity contribution in [3.05, 3.63) is 40.8 Å². The number of hydrogen-bond acceptors (Lipinski definition) is 5. The van der Waals surface area contributed by atoms with Crippen LogP contribution in [0.2, 0.25) is 10.3 Å². The van der Waals surface area contributed by atoms with Crippen molar-refractivity contribution < 1.29 is 0 Å². The molecule has 6 nitrogen and oxygen atoms in total. The average Bonchev–Trinajstić information content (AvgIpc) is 2.79. The van der Waals surface area contributed by atoms with Gasteiger partial charge in [0.2, 0.25) is 5.28 Å². The number of halogens is 2. The molecular formula is C11H8Cl2N6. The topological polar surface area (TPSA) is 79.4 Å². The van der Waals surface area contributed by atoms with E-state index in [0.717, 1.165) is 5.69 Å². The van der Waals surface area contributed by atoms with Crippen LogP contribution >= 0.6 is 23.2 Å². The second kappa shape index (κ2) is 4.99. The zero-order valence-electron chi connectivity index (χ0n) is 9.56. The van der Waals surface area contributed by atoms with Crippen LogP contribution in [0.3, 0.4) is 0 Å². The normalized spacial score (nSPS) is 10.8. The Morgan fingerprint density at radius 1 is 1.26 bits per heavy atom. The van der Waals surface area contributed by atoms with Gasteiger partial charge >= 0.3 is 0 Å². The van der Waals surface area contributed by atoms with E-state index >= 15 is 0 Å². The second-order valence-corrected chi connectivity index (χ2v) is 4.50. The number of aromatic nitrogens is 5. The Morgan fingerprint density at radius 3 is 2.95 bits per heavy atom. The quantitative estimate of drug-likeness (QED) is 0.726. The molecule has 0 fully saturated rings. The first kappa shape index (κ1) is 12.1. The van der Waals surface area contributed by atoms with Crippen molar-refractivity contribution in [1.29, 1.82) is 0 Å². The van der Waals surface area contributed by atoms with E-state index in [1.54, 1.807) is 12.4 Å². The molecule has 0 aromatic carbocycles. The van der Waals surface area contributed by atoms with Gasteiger partial charge in [0, 0.05) is 12.4 Å². The van der Waals surface area contributed by atoms with Gasteiger partial charge in [-0.25, -0.2) is 9.97 Å². The molecular weight excluding hydrogens is 287 g/mol. The van der Waals surface area contributed by atoms with Crippen LogP contribution in [-0.4, -0.2) is 24.9 Å². The van der Waals surface area contributed by atoms with Crippen molar-refractivity contribution in [2.24, 2.45) is 0 Å². The number of nitrogens with zero attached hydrogens (tertiary/aromatic N) is 4. The molecule has 96 valence electrons. The molecule has 3 heterocycles. The lowest BCUT2D eigenvalue weighted by Crippen LogP contribution is -2.04. The highest BCUT2D eigenvalue weighted by Gasteiger charge is 2.11. The molecule has 3 aromatic rings. The monoisotopic (exact) mass is 294 g/mol. The van der Waals surface area contributed by atoms with Gasteiger partial charge in [-0.05, 0) is 17.7 Å². The lowest BCUT2D eigenvalue weighted by molar-refractivity contribution is 0.996. The van der Waals surface area contributed by atoms with Gasteiger partial charge in [0.15, 0.2) is 0 Å². The third-order valence-corrected chi connectivity index (χ3v) is 3.00. The van der Waals surface area contributed by atoms with Gasteiger partial charge in [0.1, 0.15) is 17.8 Å². The molecule has 0 bridgehead atoms. The van der Waals surface area contributed by atoms with Crippen molar-refractivity contribution in [2.75, 3.05) is 5.32 Å². The first-order valence-corrected chi connectivity index (χ1v) is 6.18. The summed E-state index contributed by atoms with van der Waals surface area (Å²) >= 11 is 12.0. The summed E-state index contributed by atoms with van der Waals surface area (Å²) in [5.41, 5.74) is 1.43. The number of fused-ring (bicyclic) bond motifs is 1. The zero-order chi connectivity index (χ0) is 13.2. The zero-order valence-corrected chi connectivity index (χ0v) is 11.1. The summed E-state index contributed by atoms with van der Waals surface area (Å²) in [4.78, 5) is 19.1. The summed E-state index contributed by atoms with van der Waals surface area (Å²) in [7, 11) is 0. The summed E-state index contributed by atoms with van der Waals surface area (Å²) in [6, 6.07) is 1.81. The average molecular weight is 295 g/mol. The van der Waals surface area contributed by atoms with Gasteiger partial charge in [-0.2, -0.15) is 9.97 Å². The van der Waals surface area contributed by atoms with Gasteiger partial charge in [0.05, 0.1) is 22.6 Å². The van der Waals surface area contributed by atoms with Crippen LogP contribution in [0.25, 0.3) is 11.0 Å².